The first-order valence-electron chi connectivity index (χ1n) is 4.77. The van der Waals surface area contributed by atoms with Crippen LogP contribution in [-0.4, -0.2) is 22.2 Å². The number of para-hydroxylation sites is 1. The smallest absolute Gasteiger partial charge is 0.304 e. The van der Waals surface area contributed by atoms with Crippen LogP contribution in [0.3, 0.4) is 0 Å². The first kappa shape index (κ1) is 11.5. The molecule has 0 aliphatic heterocycles. The van der Waals surface area contributed by atoms with Crippen molar-refractivity contribution >= 4 is 5.97 Å². The van der Waals surface area contributed by atoms with Gasteiger partial charge in [0.1, 0.15) is 5.75 Å². The lowest BCUT2D eigenvalue weighted by Crippen LogP contribution is -2.29. The quantitative estimate of drug-likeness (QED) is 0.697. The van der Waals surface area contributed by atoms with E-state index in [1.54, 1.807) is 24.3 Å². The fourth-order valence-corrected chi connectivity index (χ4v) is 1.48. The molecule has 1 rings (SSSR count). The Morgan fingerprint density at radius 2 is 2.07 bits per heavy atom. The Morgan fingerprint density at radius 1 is 1.47 bits per heavy atom. The predicted molar refractivity (Wildman–Crippen MR) is 56.8 cm³/mol. The second-order valence-corrected chi connectivity index (χ2v) is 3.61. The summed E-state index contributed by atoms with van der Waals surface area (Å²) in [6.45, 7) is 1.81. The first-order chi connectivity index (χ1) is 7.02. The zero-order valence-corrected chi connectivity index (χ0v) is 8.55. The van der Waals surface area contributed by atoms with Gasteiger partial charge in [-0.15, -0.1) is 0 Å². The molecule has 0 spiro atoms. The summed E-state index contributed by atoms with van der Waals surface area (Å²) in [5, 5.41) is 18.2. The van der Waals surface area contributed by atoms with Gasteiger partial charge in [0.25, 0.3) is 0 Å². The molecule has 2 unspecified atom stereocenters. The molecular weight excluding hydrogens is 194 g/mol. The average molecular weight is 209 g/mol. The number of carboxylic acids is 1. The van der Waals surface area contributed by atoms with Crippen LogP contribution in [0.25, 0.3) is 0 Å². The maximum absolute atomic E-state index is 10.5. The SMILES string of the molecule is CC(c1ccccc1O)C(N)CC(=O)O. The van der Waals surface area contributed by atoms with Gasteiger partial charge in [-0.3, -0.25) is 4.79 Å². The van der Waals surface area contributed by atoms with Gasteiger partial charge in [0.2, 0.25) is 0 Å². The third-order valence-corrected chi connectivity index (χ3v) is 2.48. The van der Waals surface area contributed by atoms with E-state index in [9.17, 15) is 9.90 Å². The summed E-state index contributed by atoms with van der Waals surface area (Å²) in [5.74, 6) is -0.946. The molecule has 15 heavy (non-hydrogen) atoms. The lowest BCUT2D eigenvalue weighted by molar-refractivity contribution is -0.137. The molecule has 0 heterocycles. The molecule has 1 aromatic rings. The second-order valence-electron chi connectivity index (χ2n) is 3.61. The molecule has 4 nitrogen and oxygen atoms in total. The van der Waals surface area contributed by atoms with Crippen LogP contribution in [0.2, 0.25) is 0 Å². The second kappa shape index (κ2) is 4.79. The number of carbonyl (C=O) groups is 1. The monoisotopic (exact) mass is 209 g/mol. The van der Waals surface area contributed by atoms with Gasteiger partial charge in [-0.2, -0.15) is 0 Å². The van der Waals surface area contributed by atoms with E-state index in [4.69, 9.17) is 10.8 Å². The highest BCUT2D eigenvalue weighted by molar-refractivity contribution is 5.67. The largest absolute Gasteiger partial charge is 0.508 e. The Labute approximate surface area is 88.3 Å². The van der Waals surface area contributed by atoms with E-state index in [-0.39, 0.29) is 18.1 Å². The molecule has 0 amide bonds. The number of phenolic OH excluding ortho intramolecular Hbond substituents is 1. The third-order valence-electron chi connectivity index (χ3n) is 2.48. The summed E-state index contributed by atoms with van der Waals surface area (Å²) >= 11 is 0. The van der Waals surface area contributed by atoms with Crippen molar-refractivity contribution in [1.29, 1.82) is 0 Å². The number of phenols is 1. The minimum Gasteiger partial charge on any atom is -0.508 e. The Balaban J connectivity index is 2.80. The molecule has 0 saturated heterocycles. The van der Waals surface area contributed by atoms with E-state index in [2.05, 4.69) is 0 Å². The highest BCUT2D eigenvalue weighted by Gasteiger charge is 2.19. The minimum absolute atomic E-state index is 0.102. The molecule has 4 heteroatoms. The van der Waals surface area contributed by atoms with Crippen LogP contribution in [-0.2, 0) is 4.79 Å². The summed E-state index contributed by atoms with van der Waals surface area (Å²) in [6, 6.07) is 6.34. The molecule has 0 radical (unpaired) electrons. The molecular formula is C11H15NO3. The van der Waals surface area contributed by atoms with Gasteiger partial charge in [0.05, 0.1) is 6.42 Å². The number of rotatable bonds is 4. The summed E-state index contributed by atoms with van der Waals surface area (Å²) in [6.07, 6.45) is -0.102. The van der Waals surface area contributed by atoms with Crippen LogP contribution < -0.4 is 5.73 Å². The van der Waals surface area contributed by atoms with Crippen molar-refractivity contribution in [3.05, 3.63) is 29.8 Å². The molecule has 4 N–H and O–H groups in total. The number of hydrogen-bond donors (Lipinski definition) is 3. The molecule has 0 aromatic heterocycles. The molecule has 0 fully saturated rings. The number of aliphatic carboxylic acids is 1. The molecule has 0 aliphatic rings. The summed E-state index contributed by atoms with van der Waals surface area (Å²) < 4.78 is 0. The minimum atomic E-state index is -0.926. The Morgan fingerprint density at radius 3 is 2.60 bits per heavy atom. The maximum Gasteiger partial charge on any atom is 0.304 e. The zero-order valence-electron chi connectivity index (χ0n) is 8.55. The normalized spacial score (nSPS) is 14.5. The number of carboxylic acid groups (broad SMARTS) is 1. The molecule has 82 valence electrons. The topological polar surface area (TPSA) is 83.5 Å². The highest BCUT2D eigenvalue weighted by Crippen LogP contribution is 2.27. The molecule has 0 bridgehead atoms. The molecule has 0 saturated carbocycles. The molecule has 2 atom stereocenters. The highest BCUT2D eigenvalue weighted by atomic mass is 16.4. The number of nitrogens with two attached hydrogens (primary N) is 1. The van der Waals surface area contributed by atoms with Crippen LogP contribution in [0, 0.1) is 0 Å². The van der Waals surface area contributed by atoms with Gasteiger partial charge >= 0.3 is 5.97 Å². The van der Waals surface area contributed by atoms with Crippen molar-refractivity contribution in [2.24, 2.45) is 5.73 Å². The van der Waals surface area contributed by atoms with Crippen molar-refractivity contribution in [2.75, 3.05) is 0 Å². The summed E-state index contributed by atoms with van der Waals surface area (Å²) in [7, 11) is 0. The Hall–Kier alpha value is -1.55. The van der Waals surface area contributed by atoms with Crippen LogP contribution in [0.5, 0.6) is 5.75 Å². The van der Waals surface area contributed by atoms with Gasteiger partial charge in [-0.1, -0.05) is 25.1 Å². The zero-order chi connectivity index (χ0) is 11.4. The van der Waals surface area contributed by atoms with Crippen molar-refractivity contribution in [3.8, 4) is 5.75 Å². The van der Waals surface area contributed by atoms with Gasteiger partial charge < -0.3 is 15.9 Å². The molecule has 1 aromatic carbocycles. The van der Waals surface area contributed by atoms with E-state index >= 15 is 0 Å². The van der Waals surface area contributed by atoms with Crippen LogP contribution >= 0.6 is 0 Å². The summed E-state index contributed by atoms with van der Waals surface area (Å²) in [5.41, 5.74) is 6.41. The van der Waals surface area contributed by atoms with Crippen molar-refractivity contribution in [3.63, 3.8) is 0 Å². The molecule has 0 aliphatic carbocycles. The fourth-order valence-electron chi connectivity index (χ4n) is 1.48. The lowest BCUT2D eigenvalue weighted by atomic mass is 9.91. The Kier molecular flexibility index (Phi) is 3.68. The van der Waals surface area contributed by atoms with E-state index in [1.807, 2.05) is 6.92 Å². The fraction of sp³-hybridized carbons (Fsp3) is 0.364. The maximum atomic E-state index is 10.5. The third kappa shape index (κ3) is 2.95. The van der Waals surface area contributed by atoms with Crippen LogP contribution in [0.1, 0.15) is 24.8 Å². The van der Waals surface area contributed by atoms with Crippen molar-refractivity contribution in [1.82, 2.24) is 0 Å². The number of aromatic hydroxyl groups is 1. The van der Waals surface area contributed by atoms with Crippen LogP contribution in [0.4, 0.5) is 0 Å². The van der Waals surface area contributed by atoms with Gasteiger partial charge in [-0.05, 0) is 11.6 Å². The average Bonchev–Trinajstić information content (AvgIpc) is 2.16. The van der Waals surface area contributed by atoms with Crippen molar-refractivity contribution in [2.45, 2.75) is 25.3 Å². The van der Waals surface area contributed by atoms with E-state index in [1.165, 1.54) is 0 Å². The van der Waals surface area contributed by atoms with E-state index in [0.29, 0.717) is 5.56 Å². The van der Waals surface area contributed by atoms with E-state index < -0.39 is 12.0 Å². The standard InChI is InChI=1S/C11H15NO3/c1-7(9(12)6-11(14)15)8-4-2-3-5-10(8)13/h2-5,7,9,13H,6,12H2,1H3,(H,14,15). The number of hydrogen-bond acceptors (Lipinski definition) is 3. The predicted octanol–water partition coefficient (Wildman–Crippen LogP) is 1.30. The Bertz CT molecular complexity index is 351. The van der Waals surface area contributed by atoms with Gasteiger partial charge in [0, 0.05) is 12.0 Å². The summed E-state index contributed by atoms with van der Waals surface area (Å²) in [4.78, 5) is 10.5. The van der Waals surface area contributed by atoms with Gasteiger partial charge in [-0.25, -0.2) is 0 Å². The van der Waals surface area contributed by atoms with Gasteiger partial charge in [0.15, 0.2) is 0 Å². The number of benzene rings is 1. The first-order valence-corrected chi connectivity index (χ1v) is 4.77. The van der Waals surface area contributed by atoms with Crippen molar-refractivity contribution < 1.29 is 15.0 Å². The lowest BCUT2D eigenvalue weighted by Gasteiger charge is -2.19. The van der Waals surface area contributed by atoms with Crippen LogP contribution in [0.15, 0.2) is 24.3 Å². The van der Waals surface area contributed by atoms with E-state index in [0.717, 1.165) is 0 Å².